The van der Waals surface area contributed by atoms with Crippen molar-refractivity contribution in [1.29, 1.82) is 0 Å². The summed E-state index contributed by atoms with van der Waals surface area (Å²) in [5, 5.41) is 2.92. The zero-order valence-electron chi connectivity index (χ0n) is 11.3. The van der Waals surface area contributed by atoms with Crippen LogP contribution in [0.1, 0.15) is 31.7 Å². The Labute approximate surface area is 116 Å². The van der Waals surface area contributed by atoms with Gasteiger partial charge in [0.25, 0.3) is 0 Å². The van der Waals surface area contributed by atoms with Gasteiger partial charge in [-0.1, -0.05) is 18.2 Å². The Bertz CT molecular complexity index is 473. The van der Waals surface area contributed by atoms with Crippen LogP contribution in [-0.4, -0.2) is 23.4 Å². The third kappa shape index (κ3) is 3.70. The molecule has 1 saturated heterocycles. The number of hydrogen-bond acceptors (Lipinski definition) is 4. The monoisotopic (exact) mass is 283 g/mol. The maximum absolute atomic E-state index is 13.7. The number of benzene rings is 1. The molecule has 0 bridgehead atoms. The lowest BCUT2D eigenvalue weighted by molar-refractivity contribution is -0.156. The van der Waals surface area contributed by atoms with Crippen LogP contribution in [0.4, 0.5) is 4.39 Å². The van der Waals surface area contributed by atoms with Gasteiger partial charge in [-0.15, -0.1) is 11.8 Å². The van der Waals surface area contributed by atoms with E-state index in [4.69, 9.17) is 4.74 Å². The predicted molar refractivity (Wildman–Crippen MR) is 74.4 cm³/mol. The second kappa shape index (κ2) is 5.51. The summed E-state index contributed by atoms with van der Waals surface area (Å²) in [6.45, 7) is 5.50. The molecular formula is C14H18FNO2S. The van der Waals surface area contributed by atoms with Gasteiger partial charge in [0, 0.05) is 11.3 Å². The number of carbonyl (C=O) groups excluding carboxylic acids is 1. The van der Waals surface area contributed by atoms with Crippen LogP contribution in [0.15, 0.2) is 24.3 Å². The van der Waals surface area contributed by atoms with Crippen molar-refractivity contribution in [1.82, 2.24) is 5.32 Å². The van der Waals surface area contributed by atoms with Gasteiger partial charge in [-0.3, -0.25) is 10.1 Å². The topological polar surface area (TPSA) is 38.3 Å². The van der Waals surface area contributed by atoms with Gasteiger partial charge in [0.1, 0.15) is 17.5 Å². The van der Waals surface area contributed by atoms with E-state index in [1.54, 1.807) is 18.2 Å². The Morgan fingerprint density at radius 1 is 1.42 bits per heavy atom. The average Bonchev–Trinajstić information content (AvgIpc) is 2.76. The highest BCUT2D eigenvalue weighted by molar-refractivity contribution is 7.99. The van der Waals surface area contributed by atoms with Crippen molar-refractivity contribution < 1.29 is 13.9 Å². The SMILES string of the molecule is CC(C)(C)OC(=O)[C@@H]1CSC(c2ccccc2F)N1. The van der Waals surface area contributed by atoms with Crippen LogP contribution in [0.5, 0.6) is 0 Å². The molecule has 1 unspecified atom stereocenters. The average molecular weight is 283 g/mol. The van der Waals surface area contributed by atoms with Crippen LogP contribution in [0.25, 0.3) is 0 Å². The van der Waals surface area contributed by atoms with Crippen LogP contribution in [0, 0.1) is 5.82 Å². The third-order valence-electron chi connectivity index (χ3n) is 2.66. The highest BCUT2D eigenvalue weighted by atomic mass is 32.2. The molecule has 0 radical (unpaired) electrons. The van der Waals surface area contributed by atoms with Gasteiger partial charge in [0.2, 0.25) is 0 Å². The second-order valence-corrected chi connectivity index (χ2v) is 6.63. The van der Waals surface area contributed by atoms with Crippen molar-refractivity contribution in [3.05, 3.63) is 35.6 Å². The van der Waals surface area contributed by atoms with Crippen molar-refractivity contribution in [3.8, 4) is 0 Å². The van der Waals surface area contributed by atoms with E-state index in [-0.39, 0.29) is 23.2 Å². The fourth-order valence-electron chi connectivity index (χ4n) is 1.85. The number of halogens is 1. The summed E-state index contributed by atoms with van der Waals surface area (Å²) >= 11 is 1.52. The van der Waals surface area contributed by atoms with Crippen molar-refractivity contribution in [2.24, 2.45) is 0 Å². The van der Waals surface area contributed by atoms with Gasteiger partial charge < -0.3 is 4.74 Å². The van der Waals surface area contributed by atoms with E-state index in [0.29, 0.717) is 11.3 Å². The number of nitrogens with one attached hydrogen (secondary N) is 1. The number of hydrogen-bond donors (Lipinski definition) is 1. The molecule has 1 fully saturated rings. The van der Waals surface area contributed by atoms with E-state index in [0.717, 1.165) is 0 Å². The molecule has 0 aromatic heterocycles. The molecule has 1 aliphatic rings. The molecule has 1 N–H and O–H groups in total. The maximum atomic E-state index is 13.7. The summed E-state index contributed by atoms with van der Waals surface area (Å²) in [5.41, 5.74) is 0.0815. The summed E-state index contributed by atoms with van der Waals surface area (Å²) in [4.78, 5) is 11.9. The minimum atomic E-state index is -0.500. The summed E-state index contributed by atoms with van der Waals surface area (Å²) in [6.07, 6.45) is 0. The molecule has 1 aromatic carbocycles. The molecule has 0 saturated carbocycles. The molecule has 3 nitrogen and oxygen atoms in total. The molecule has 1 heterocycles. The van der Waals surface area contributed by atoms with E-state index in [1.807, 2.05) is 20.8 Å². The Hall–Kier alpha value is -1.07. The number of esters is 1. The summed E-state index contributed by atoms with van der Waals surface area (Å²) < 4.78 is 19.0. The Balaban J connectivity index is 2.01. The molecule has 2 atom stereocenters. The first-order valence-corrected chi connectivity index (χ1v) is 7.26. The lowest BCUT2D eigenvalue weighted by atomic mass is 10.2. The first kappa shape index (κ1) is 14.3. The van der Waals surface area contributed by atoms with Gasteiger partial charge in [0.15, 0.2) is 0 Å². The largest absolute Gasteiger partial charge is 0.459 e. The Morgan fingerprint density at radius 3 is 2.74 bits per heavy atom. The fourth-order valence-corrected chi connectivity index (χ4v) is 3.10. The molecule has 5 heteroatoms. The van der Waals surface area contributed by atoms with Gasteiger partial charge in [-0.05, 0) is 26.8 Å². The molecule has 0 spiro atoms. The standard InChI is InChI=1S/C14H18FNO2S/c1-14(2,3)18-13(17)11-8-19-12(16-11)9-6-4-5-7-10(9)15/h4-7,11-12,16H,8H2,1-3H3/t11-,12?/m0/s1. The minimum Gasteiger partial charge on any atom is -0.459 e. The first-order chi connectivity index (χ1) is 8.87. The minimum absolute atomic E-state index is 0.196. The van der Waals surface area contributed by atoms with E-state index in [1.165, 1.54) is 17.8 Å². The number of rotatable bonds is 2. The van der Waals surface area contributed by atoms with E-state index < -0.39 is 5.60 Å². The van der Waals surface area contributed by atoms with E-state index >= 15 is 0 Å². The van der Waals surface area contributed by atoms with Crippen LogP contribution < -0.4 is 5.32 Å². The molecule has 1 aliphatic heterocycles. The molecule has 2 rings (SSSR count). The molecule has 0 aliphatic carbocycles. The summed E-state index contributed by atoms with van der Waals surface area (Å²) in [6, 6.07) is 6.23. The maximum Gasteiger partial charge on any atom is 0.324 e. The van der Waals surface area contributed by atoms with Crippen molar-refractivity contribution in [2.45, 2.75) is 37.8 Å². The van der Waals surface area contributed by atoms with Crippen LogP contribution in [-0.2, 0) is 9.53 Å². The Kier molecular flexibility index (Phi) is 4.16. The van der Waals surface area contributed by atoms with Crippen molar-refractivity contribution in [2.75, 3.05) is 5.75 Å². The van der Waals surface area contributed by atoms with Gasteiger partial charge in [-0.2, -0.15) is 0 Å². The fraction of sp³-hybridized carbons (Fsp3) is 0.500. The highest BCUT2D eigenvalue weighted by Gasteiger charge is 2.34. The van der Waals surface area contributed by atoms with E-state index in [2.05, 4.69) is 5.32 Å². The number of carbonyl (C=O) groups is 1. The normalized spacial score (nSPS) is 23.4. The van der Waals surface area contributed by atoms with Crippen LogP contribution in [0.3, 0.4) is 0 Å². The molecule has 1 aromatic rings. The molecular weight excluding hydrogens is 265 g/mol. The zero-order valence-corrected chi connectivity index (χ0v) is 12.1. The van der Waals surface area contributed by atoms with Gasteiger partial charge in [0.05, 0.1) is 5.37 Å². The van der Waals surface area contributed by atoms with Crippen molar-refractivity contribution in [3.63, 3.8) is 0 Å². The summed E-state index contributed by atoms with van der Waals surface area (Å²) in [5.74, 6) is 0.0599. The van der Waals surface area contributed by atoms with Crippen LogP contribution in [0.2, 0.25) is 0 Å². The summed E-state index contributed by atoms with van der Waals surface area (Å²) in [7, 11) is 0. The number of ether oxygens (including phenoxy) is 1. The van der Waals surface area contributed by atoms with Gasteiger partial charge >= 0.3 is 5.97 Å². The molecule has 19 heavy (non-hydrogen) atoms. The smallest absolute Gasteiger partial charge is 0.324 e. The number of thioether (sulfide) groups is 1. The highest BCUT2D eigenvalue weighted by Crippen LogP contribution is 2.34. The molecule has 0 amide bonds. The van der Waals surface area contributed by atoms with Crippen molar-refractivity contribution >= 4 is 17.7 Å². The quantitative estimate of drug-likeness (QED) is 0.847. The van der Waals surface area contributed by atoms with Gasteiger partial charge in [-0.25, -0.2) is 4.39 Å². The Morgan fingerprint density at radius 2 is 2.11 bits per heavy atom. The first-order valence-electron chi connectivity index (χ1n) is 6.22. The van der Waals surface area contributed by atoms with E-state index in [9.17, 15) is 9.18 Å². The van der Waals surface area contributed by atoms with Crippen LogP contribution >= 0.6 is 11.8 Å². The predicted octanol–water partition coefficient (Wildman–Crippen LogP) is 2.87. The lowest BCUT2D eigenvalue weighted by Gasteiger charge is -2.22. The zero-order chi connectivity index (χ0) is 14.0. The third-order valence-corrected chi connectivity index (χ3v) is 3.91. The lowest BCUT2D eigenvalue weighted by Crippen LogP contribution is -2.39. The molecule has 104 valence electrons. The second-order valence-electron chi connectivity index (χ2n) is 5.49.